The summed E-state index contributed by atoms with van der Waals surface area (Å²) in [6.45, 7) is 1.54. The molecule has 27 heavy (non-hydrogen) atoms. The molecule has 1 N–H and O–H groups in total. The van der Waals surface area contributed by atoms with Gasteiger partial charge in [-0.1, -0.05) is 46.3 Å². The molecule has 0 saturated carbocycles. The van der Waals surface area contributed by atoms with Crippen molar-refractivity contribution in [3.63, 3.8) is 0 Å². The van der Waals surface area contributed by atoms with Crippen molar-refractivity contribution in [2.75, 3.05) is 13.1 Å². The highest BCUT2D eigenvalue weighted by Gasteiger charge is 2.30. The zero-order valence-electron chi connectivity index (χ0n) is 14.9. The van der Waals surface area contributed by atoms with Crippen molar-refractivity contribution in [3.8, 4) is 0 Å². The summed E-state index contributed by atoms with van der Waals surface area (Å²) in [5, 5.41) is 10.4. The molecule has 5 heteroatoms. The van der Waals surface area contributed by atoms with Crippen LogP contribution in [-0.2, 0) is 4.79 Å². The average molecular weight is 425 g/mol. The maximum atomic E-state index is 11.3. The van der Waals surface area contributed by atoms with Crippen molar-refractivity contribution in [1.82, 2.24) is 9.88 Å². The predicted molar refractivity (Wildman–Crippen MR) is 110 cm³/mol. The van der Waals surface area contributed by atoms with Crippen LogP contribution in [0.5, 0.6) is 0 Å². The molecule has 1 saturated heterocycles. The highest BCUT2D eigenvalue weighted by atomic mass is 79.9. The number of carbonyl (C=O) groups is 1. The van der Waals surface area contributed by atoms with Crippen molar-refractivity contribution >= 4 is 32.8 Å². The van der Waals surface area contributed by atoms with Crippen LogP contribution in [0, 0.1) is 5.92 Å². The molecule has 2 heterocycles. The molecule has 0 spiro atoms. The molecule has 0 bridgehead atoms. The van der Waals surface area contributed by atoms with Crippen molar-refractivity contribution in [2.45, 2.75) is 18.9 Å². The minimum absolute atomic E-state index is 0.0740. The van der Waals surface area contributed by atoms with E-state index in [0.717, 1.165) is 34.0 Å². The molecule has 1 fully saturated rings. The van der Waals surface area contributed by atoms with Crippen molar-refractivity contribution in [1.29, 1.82) is 0 Å². The summed E-state index contributed by atoms with van der Waals surface area (Å²) in [6, 6.07) is 18.8. The summed E-state index contributed by atoms with van der Waals surface area (Å²) in [4.78, 5) is 18.4. The van der Waals surface area contributed by atoms with Crippen LogP contribution < -0.4 is 0 Å². The highest BCUT2D eigenvalue weighted by molar-refractivity contribution is 9.10. The Kier molecular flexibility index (Phi) is 5.23. The molecule has 1 atom stereocenters. The van der Waals surface area contributed by atoms with Gasteiger partial charge in [-0.3, -0.25) is 14.7 Å². The van der Waals surface area contributed by atoms with Gasteiger partial charge in [-0.25, -0.2) is 0 Å². The van der Waals surface area contributed by atoms with Gasteiger partial charge in [0.15, 0.2) is 0 Å². The first-order valence-corrected chi connectivity index (χ1v) is 9.98. The van der Waals surface area contributed by atoms with Crippen molar-refractivity contribution in [3.05, 3.63) is 76.4 Å². The zero-order valence-corrected chi connectivity index (χ0v) is 16.5. The van der Waals surface area contributed by atoms with Gasteiger partial charge in [0, 0.05) is 16.1 Å². The molecular formula is C22H21BrN2O2. The average Bonchev–Trinajstić information content (AvgIpc) is 2.70. The Morgan fingerprint density at radius 3 is 2.48 bits per heavy atom. The van der Waals surface area contributed by atoms with E-state index < -0.39 is 5.97 Å². The van der Waals surface area contributed by atoms with Crippen LogP contribution in [0.1, 0.15) is 30.0 Å². The molecule has 138 valence electrons. The van der Waals surface area contributed by atoms with Crippen LogP contribution in [0.15, 0.2) is 65.3 Å². The first kappa shape index (κ1) is 18.1. The van der Waals surface area contributed by atoms with Crippen LogP contribution in [0.25, 0.3) is 10.9 Å². The van der Waals surface area contributed by atoms with E-state index in [1.807, 2.05) is 24.4 Å². The Morgan fingerprint density at radius 1 is 1.07 bits per heavy atom. The summed E-state index contributed by atoms with van der Waals surface area (Å²) >= 11 is 3.51. The van der Waals surface area contributed by atoms with E-state index >= 15 is 0 Å². The van der Waals surface area contributed by atoms with Crippen molar-refractivity contribution in [2.24, 2.45) is 5.92 Å². The number of aliphatic carboxylic acids is 1. The summed E-state index contributed by atoms with van der Waals surface area (Å²) in [6.07, 6.45) is 3.32. The third-order valence-electron chi connectivity index (χ3n) is 5.36. The first-order chi connectivity index (χ1) is 13.1. The number of hydrogen-bond acceptors (Lipinski definition) is 3. The Balaban J connectivity index is 1.71. The molecule has 1 aliphatic rings. The van der Waals surface area contributed by atoms with Crippen LogP contribution in [0.2, 0.25) is 0 Å². The molecule has 0 aliphatic carbocycles. The molecule has 0 amide bonds. The summed E-state index contributed by atoms with van der Waals surface area (Å²) < 4.78 is 1.05. The number of para-hydroxylation sites is 1. The summed E-state index contributed by atoms with van der Waals surface area (Å²) in [5.74, 6) is -0.913. The van der Waals surface area contributed by atoms with E-state index in [1.165, 1.54) is 5.56 Å². The number of rotatable bonds is 4. The molecule has 2 aromatic carbocycles. The Morgan fingerprint density at radius 2 is 1.78 bits per heavy atom. The number of aromatic nitrogens is 1. The van der Waals surface area contributed by atoms with Crippen LogP contribution >= 0.6 is 15.9 Å². The van der Waals surface area contributed by atoms with Gasteiger partial charge >= 0.3 is 5.97 Å². The number of likely N-dealkylation sites (tertiary alicyclic amines) is 1. The molecule has 1 aromatic heterocycles. The largest absolute Gasteiger partial charge is 0.481 e. The monoisotopic (exact) mass is 424 g/mol. The number of hydrogen-bond donors (Lipinski definition) is 1. The maximum absolute atomic E-state index is 11.3. The summed E-state index contributed by atoms with van der Waals surface area (Å²) in [5.41, 5.74) is 3.33. The van der Waals surface area contributed by atoms with Gasteiger partial charge in [0.25, 0.3) is 0 Å². The minimum Gasteiger partial charge on any atom is -0.481 e. The van der Waals surface area contributed by atoms with Gasteiger partial charge in [-0.05, 0) is 61.3 Å². The lowest BCUT2D eigenvalue weighted by Gasteiger charge is -2.37. The number of pyridine rings is 1. The van der Waals surface area contributed by atoms with E-state index in [1.54, 1.807) is 0 Å². The fourth-order valence-electron chi connectivity index (χ4n) is 3.90. The predicted octanol–water partition coefficient (Wildman–Crippen LogP) is 4.88. The van der Waals surface area contributed by atoms with E-state index in [2.05, 4.69) is 62.2 Å². The van der Waals surface area contributed by atoms with Gasteiger partial charge in [0.1, 0.15) is 0 Å². The molecular weight excluding hydrogens is 404 g/mol. The smallest absolute Gasteiger partial charge is 0.306 e. The fourth-order valence-corrected chi connectivity index (χ4v) is 4.17. The molecule has 1 aliphatic heterocycles. The second-order valence-electron chi connectivity index (χ2n) is 7.06. The SMILES string of the molecule is O=C(O)C1CCN(C(c2ccc(Br)cc2)c2cnc3ccccc3c2)CC1. The Labute approximate surface area is 167 Å². The normalized spacial score (nSPS) is 17.1. The van der Waals surface area contributed by atoms with Crippen LogP contribution in [0.4, 0.5) is 0 Å². The quantitative estimate of drug-likeness (QED) is 0.647. The molecule has 0 radical (unpaired) electrons. The molecule has 4 nitrogen and oxygen atoms in total. The van der Waals surface area contributed by atoms with Gasteiger partial charge in [-0.2, -0.15) is 0 Å². The fraction of sp³-hybridized carbons (Fsp3) is 0.273. The number of piperidine rings is 1. The topological polar surface area (TPSA) is 53.4 Å². The van der Waals surface area contributed by atoms with Gasteiger partial charge in [0.05, 0.1) is 17.5 Å². The highest BCUT2D eigenvalue weighted by Crippen LogP contribution is 2.34. The van der Waals surface area contributed by atoms with E-state index in [0.29, 0.717) is 12.8 Å². The number of halogens is 1. The number of fused-ring (bicyclic) bond motifs is 1. The molecule has 3 aromatic rings. The third-order valence-corrected chi connectivity index (χ3v) is 5.89. The lowest BCUT2D eigenvalue weighted by atomic mass is 9.91. The molecule has 4 rings (SSSR count). The maximum Gasteiger partial charge on any atom is 0.306 e. The van der Waals surface area contributed by atoms with E-state index in [9.17, 15) is 9.90 Å². The number of carboxylic acids is 1. The molecule has 1 unspecified atom stereocenters. The number of carboxylic acid groups (broad SMARTS) is 1. The van der Waals surface area contributed by atoms with Crippen LogP contribution in [0.3, 0.4) is 0 Å². The number of nitrogens with zero attached hydrogens (tertiary/aromatic N) is 2. The second-order valence-corrected chi connectivity index (χ2v) is 7.98. The van der Waals surface area contributed by atoms with E-state index in [-0.39, 0.29) is 12.0 Å². The summed E-state index contributed by atoms with van der Waals surface area (Å²) in [7, 11) is 0. The minimum atomic E-state index is -0.679. The van der Waals surface area contributed by atoms with Gasteiger partial charge in [-0.15, -0.1) is 0 Å². The van der Waals surface area contributed by atoms with Crippen LogP contribution in [-0.4, -0.2) is 34.0 Å². The lowest BCUT2D eigenvalue weighted by Crippen LogP contribution is -2.39. The lowest BCUT2D eigenvalue weighted by molar-refractivity contribution is -0.143. The van der Waals surface area contributed by atoms with Crippen molar-refractivity contribution < 1.29 is 9.90 Å². The number of benzene rings is 2. The standard InChI is InChI=1S/C22H21BrN2O2/c23-19-7-5-15(6-8-19)21(25-11-9-16(10-12-25)22(26)27)18-13-17-3-1-2-4-20(17)24-14-18/h1-8,13-14,16,21H,9-12H2,(H,26,27). The third kappa shape index (κ3) is 3.89. The Bertz CT molecular complexity index is 950. The first-order valence-electron chi connectivity index (χ1n) is 9.19. The van der Waals surface area contributed by atoms with Gasteiger partial charge in [0.2, 0.25) is 0 Å². The second kappa shape index (κ2) is 7.79. The van der Waals surface area contributed by atoms with Gasteiger partial charge < -0.3 is 5.11 Å². The Hall–Kier alpha value is -2.24. The van der Waals surface area contributed by atoms with E-state index in [4.69, 9.17) is 0 Å². The zero-order chi connectivity index (χ0) is 18.8.